The molecule has 0 saturated heterocycles. The molecule has 2 rings (SSSR count). The van der Waals surface area contributed by atoms with Gasteiger partial charge in [-0.1, -0.05) is 24.3 Å². The second-order valence-electron chi connectivity index (χ2n) is 4.27. The zero-order valence-corrected chi connectivity index (χ0v) is 10.3. The second kappa shape index (κ2) is 6.07. The minimum Gasteiger partial charge on any atom is -0.399 e. The van der Waals surface area contributed by atoms with Gasteiger partial charge in [0.15, 0.2) is 0 Å². The Kier molecular flexibility index (Phi) is 4.20. The molecule has 2 aromatic carbocycles. The van der Waals surface area contributed by atoms with Crippen LogP contribution in [0, 0.1) is 0 Å². The Balaban J connectivity index is 1.99. The van der Waals surface area contributed by atoms with E-state index in [1.54, 1.807) is 0 Å². The van der Waals surface area contributed by atoms with Gasteiger partial charge in [0.05, 0.1) is 6.61 Å². The normalized spacial score (nSPS) is 10.3. The number of anilines is 2. The highest BCUT2D eigenvalue weighted by Gasteiger charge is 1.97. The van der Waals surface area contributed by atoms with E-state index in [1.165, 1.54) is 11.1 Å². The fraction of sp³-hybridized carbons (Fsp3) is 0.200. The summed E-state index contributed by atoms with van der Waals surface area (Å²) in [7, 11) is 0. The van der Waals surface area contributed by atoms with Crippen molar-refractivity contribution in [2.45, 2.75) is 6.42 Å². The number of nitrogen functional groups attached to an aromatic ring is 1. The summed E-state index contributed by atoms with van der Waals surface area (Å²) < 4.78 is 0. The van der Waals surface area contributed by atoms with Gasteiger partial charge in [-0.15, -0.1) is 0 Å². The quantitative estimate of drug-likeness (QED) is 0.705. The predicted molar refractivity (Wildman–Crippen MR) is 75.7 cm³/mol. The summed E-state index contributed by atoms with van der Waals surface area (Å²) >= 11 is 0. The summed E-state index contributed by atoms with van der Waals surface area (Å²) in [5, 5.41) is 11.9. The topological polar surface area (TPSA) is 58.3 Å². The lowest BCUT2D eigenvalue weighted by molar-refractivity contribution is 0.311. The molecule has 0 amide bonds. The first kappa shape index (κ1) is 12.5. The summed E-state index contributed by atoms with van der Waals surface area (Å²) in [4.78, 5) is 0. The maximum atomic E-state index is 8.73. The molecule has 0 aliphatic rings. The standard InChI is InChI=1S/C15H18N2O/c16-14-5-1-12(2-6-14)11-13-3-7-15(8-4-13)17-9-10-18/h1-8,17-18H,9-11,16H2. The van der Waals surface area contributed by atoms with Crippen LogP contribution in [0.5, 0.6) is 0 Å². The van der Waals surface area contributed by atoms with Crippen molar-refractivity contribution in [3.05, 3.63) is 59.7 Å². The van der Waals surface area contributed by atoms with E-state index in [-0.39, 0.29) is 6.61 Å². The first-order valence-electron chi connectivity index (χ1n) is 6.06. The molecule has 0 saturated carbocycles. The molecule has 3 nitrogen and oxygen atoms in total. The SMILES string of the molecule is Nc1ccc(Cc2ccc(NCCO)cc2)cc1. The van der Waals surface area contributed by atoms with Crippen LogP contribution in [-0.4, -0.2) is 18.3 Å². The molecule has 18 heavy (non-hydrogen) atoms. The highest BCUT2D eigenvalue weighted by molar-refractivity contribution is 5.46. The van der Waals surface area contributed by atoms with Crippen LogP contribution in [0.25, 0.3) is 0 Å². The van der Waals surface area contributed by atoms with Gasteiger partial charge in [0.1, 0.15) is 0 Å². The van der Waals surface area contributed by atoms with Gasteiger partial charge in [-0.3, -0.25) is 0 Å². The van der Waals surface area contributed by atoms with Crippen LogP contribution in [0.4, 0.5) is 11.4 Å². The van der Waals surface area contributed by atoms with Crippen molar-refractivity contribution < 1.29 is 5.11 Å². The zero-order chi connectivity index (χ0) is 12.8. The van der Waals surface area contributed by atoms with Gasteiger partial charge in [0, 0.05) is 17.9 Å². The van der Waals surface area contributed by atoms with Gasteiger partial charge in [0.2, 0.25) is 0 Å². The van der Waals surface area contributed by atoms with Gasteiger partial charge in [-0.2, -0.15) is 0 Å². The Hall–Kier alpha value is -2.00. The van der Waals surface area contributed by atoms with Gasteiger partial charge >= 0.3 is 0 Å². The first-order chi connectivity index (χ1) is 8.78. The number of rotatable bonds is 5. The number of hydrogen-bond donors (Lipinski definition) is 3. The third-order valence-electron chi connectivity index (χ3n) is 2.78. The summed E-state index contributed by atoms with van der Waals surface area (Å²) in [5.74, 6) is 0. The number of aliphatic hydroxyl groups excluding tert-OH is 1. The van der Waals surface area contributed by atoms with Crippen LogP contribution < -0.4 is 11.1 Å². The summed E-state index contributed by atoms with van der Waals surface area (Å²) in [6.45, 7) is 0.727. The van der Waals surface area contributed by atoms with Crippen LogP contribution in [0.15, 0.2) is 48.5 Å². The third-order valence-corrected chi connectivity index (χ3v) is 2.78. The minimum absolute atomic E-state index is 0.146. The number of aliphatic hydroxyl groups is 1. The smallest absolute Gasteiger partial charge is 0.0604 e. The maximum Gasteiger partial charge on any atom is 0.0604 e. The molecule has 4 N–H and O–H groups in total. The molecule has 2 aromatic rings. The minimum atomic E-state index is 0.146. The van der Waals surface area contributed by atoms with E-state index in [0.29, 0.717) is 6.54 Å². The van der Waals surface area contributed by atoms with Gasteiger partial charge in [0.25, 0.3) is 0 Å². The molecule has 0 bridgehead atoms. The monoisotopic (exact) mass is 242 g/mol. The van der Waals surface area contributed by atoms with E-state index < -0.39 is 0 Å². The second-order valence-corrected chi connectivity index (χ2v) is 4.27. The number of hydrogen-bond acceptors (Lipinski definition) is 3. The molecule has 0 atom stereocenters. The summed E-state index contributed by atoms with van der Waals surface area (Å²) in [6.07, 6.45) is 0.903. The van der Waals surface area contributed by atoms with Crippen molar-refractivity contribution in [3.8, 4) is 0 Å². The number of benzene rings is 2. The van der Waals surface area contributed by atoms with Crippen molar-refractivity contribution in [1.29, 1.82) is 0 Å². The molecule has 0 radical (unpaired) electrons. The molecule has 0 fully saturated rings. The zero-order valence-electron chi connectivity index (χ0n) is 10.3. The van der Waals surface area contributed by atoms with Gasteiger partial charge in [-0.05, 0) is 41.8 Å². The highest BCUT2D eigenvalue weighted by Crippen LogP contribution is 2.14. The lowest BCUT2D eigenvalue weighted by atomic mass is 10.0. The fourth-order valence-corrected chi connectivity index (χ4v) is 1.81. The van der Waals surface area contributed by atoms with Crippen molar-refractivity contribution in [2.24, 2.45) is 0 Å². The molecular formula is C15H18N2O. The highest BCUT2D eigenvalue weighted by atomic mass is 16.3. The molecule has 0 spiro atoms. The maximum absolute atomic E-state index is 8.73. The average molecular weight is 242 g/mol. The van der Waals surface area contributed by atoms with E-state index in [9.17, 15) is 0 Å². The van der Waals surface area contributed by atoms with Crippen LogP contribution in [0.2, 0.25) is 0 Å². The third kappa shape index (κ3) is 3.50. The Morgan fingerprint density at radius 1 is 0.889 bits per heavy atom. The van der Waals surface area contributed by atoms with Gasteiger partial charge < -0.3 is 16.2 Å². The Morgan fingerprint density at radius 2 is 1.44 bits per heavy atom. The molecule has 0 aliphatic carbocycles. The molecule has 0 aromatic heterocycles. The summed E-state index contributed by atoms with van der Waals surface area (Å²) in [6, 6.07) is 16.2. The molecule has 0 aliphatic heterocycles. The first-order valence-corrected chi connectivity index (χ1v) is 6.06. The largest absolute Gasteiger partial charge is 0.399 e. The number of nitrogens with two attached hydrogens (primary N) is 1. The average Bonchev–Trinajstić information content (AvgIpc) is 2.41. The molecule has 3 heteroatoms. The van der Waals surface area contributed by atoms with E-state index in [2.05, 4.69) is 17.4 Å². The predicted octanol–water partition coefficient (Wildman–Crippen LogP) is 2.26. The molecule has 0 heterocycles. The summed E-state index contributed by atoms with van der Waals surface area (Å²) in [5.41, 5.74) is 9.99. The lowest BCUT2D eigenvalue weighted by Gasteiger charge is -2.06. The molecule has 94 valence electrons. The van der Waals surface area contributed by atoms with Crippen LogP contribution in [-0.2, 0) is 6.42 Å². The van der Waals surface area contributed by atoms with E-state index in [0.717, 1.165) is 17.8 Å². The van der Waals surface area contributed by atoms with E-state index >= 15 is 0 Å². The molecular weight excluding hydrogens is 224 g/mol. The van der Waals surface area contributed by atoms with Gasteiger partial charge in [-0.25, -0.2) is 0 Å². The lowest BCUT2D eigenvalue weighted by Crippen LogP contribution is -2.05. The van der Waals surface area contributed by atoms with Crippen LogP contribution in [0.1, 0.15) is 11.1 Å². The van der Waals surface area contributed by atoms with Crippen LogP contribution in [0.3, 0.4) is 0 Å². The Bertz CT molecular complexity index is 477. The Morgan fingerprint density at radius 3 is 2.00 bits per heavy atom. The van der Waals surface area contributed by atoms with Crippen molar-refractivity contribution in [2.75, 3.05) is 24.2 Å². The van der Waals surface area contributed by atoms with E-state index in [4.69, 9.17) is 10.8 Å². The Labute approximate surface area is 107 Å². The van der Waals surface area contributed by atoms with Crippen molar-refractivity contribution >= 4 is 11.4 Å². The van der Waals surface area contributed by atoms with E-state index in [1.807, 2.05) is 36.4 Å². The van der Waals surface area contributed by atoms with Crippen molar-refractivity contribution in [1.82, 2.24) is 0 Å². The fourth-order valence-electron chi connectivity index (χ4n) is 1.81. The molecule has 0 unspecified atom stereocenters. The van der Waals surface area contributed by atoms with Crippen LogP contribution >= 0.6 is 0 Å². The number of nitrogens with one attached hydrogen (secondary N) is 1. The van der Waals surface area contributed by atoms with Crippen molar-refractivity contribution in [3.63, 3.8) is 0 Å².